The lowest BCUT2D eigenvalue weighted by Gasteiger charge is -2.19. The number of nitrogens with zero attached hydrogens (tertiary/aromatic N) is 2. The fourth-order valence-electron chi connectivity index (χ4n) is 2.61. The molecule has 2 aromatic rings. The van der Waals surface area contributed by atoms with Crippen LogP contribution >= 0.6 is 11.3 Å². The van der Waals surface area contributed by atoms with Gasteiger partial charge >= 0.3 is 5.97 Å². The molecule has 5 nitrogen and oxygen atoms in total. The average molecular weight is 304 g/mol. The van der Waals surface area contributed by atoms with Gasteiger partial charge in [0, 0.05) is 30.5 Å². The summed E-state index contributed by atoms with van der Waals surface area (Å²) in [5.41, 5.74) is 1.91. The van der Waals surface area contributed by atoms with Crippen molar-refractivity contribution in [3.8, 4) is 10.6 Å². The first kappa shape index (κ1) is 14.2. The Morgan fingerprint density at radius 2 is 2.14 bits per heavy atom. The lowest BCUT2D eigenvalue weighted by atomic mass is 10.2. The zero-order chi connectivity index (χ0) is 14.8. The summed E-state index contributed by atoms with van der Waals surface area (Å²) in [5.74, 6) is -0.884. The molecule has 6 heteroatoms. The van der Waals surface area contributed by atoms with Crippen molar-refractivity contribution >= 4 is 17.3 Å². The zero-order valence-electron chi connectivity index (χ0n) is 11.3. The number of hydrogen-bond acceptors (Lipinski definition) is 5. The number of aliphatic carboxylic acids is 1. The molecule has 1 aliphatic rings. The molecule has 1 fully saturated rings. The van der Waals surface area contributed by atoms with Crippen LogP contribution in [0.4, 0.5) is 0 Å². The van der Waals surface area contributed by atoms with Crippen molar-refractivity contribution in [2.45, 2.75) is 25.1 Å². The van der Waals surface area contributed by atoms with Crippen LogP contribution in [0.5, 0.6) is 0 Å². The molecule has 1 saturated heterocycles. The van der Waals surface area contributed by atoms with Crippen LogP contribution in [0.2, 0.25) is 0 Å². The van der Waals surface area contributed by atoms with E-state index in [2.05, 4.69) is 4.98 Å². The Labute approximate surface area is 126 Å². The molecule has 0 amide bonds. The van der Waals surface area contributed by atoms with Gasteiger partial charge < -0.3 is 10.2 Å². The second-order valence-corrected chi connectivity index (χ2v) is 6.04. The highest BCUT2D eigenvalue weighted by Crippen LogP contribution is 2.26. The summed E-state index contributed by atoms with van der Waals surface area (Å²) in [5, 5.41) is 21.7. The molecule has 110 valence electrons. The smallest absolute Gasteiger partial charge is 0.321 e. The van der Waals surface area contributed by atoms with Gasteiger partial charge in [0.25, 0.3) is 0 Å². The molecule has 0 bridgehead atoms. The van der Waals surface area contributed by atoms with Crippen LogP contribution in [0.15, 0.2) is 35.7 Å². The number of likely N-dealkylation sites (tertiary alicyclic amines) is 1. The predicted octanol–water partition coefficient (Wildman–Crippen LogP) is 1.83. The molecule has 2 N–H and O–H groups in total. The number of aliphatic hydroxyl groups is 1. The van der Waals surface area contributed by atoms with E-state index in [1.165, 1.54) is 0 Å². The van der Waals surface area contributed by atoms with Crippen LogP contribution in [0.1, 0.15) is 12.1 Å². The number of β-amino-alcohol motifs (C(OH)–C–C–N with tert-alkyl or cyclic N) is 1. The lowest BCUT2D eigenvalue weighted by molar-refractivity contribution is -0.142. The first-order chi connectivity index (χ1) is 10.1. The maximum atomic E-state index is 11.2. The molecule has 2 unspecified atom stereocenters. The molecule has 21 heavy (non-hydrogen) atoms. The fraction of sp³-hybridized carbons (Fsp3) is 0.333. The lowest BCUT2D eigenvalue weighted by Crippen LogP contribution is -2.35. The molecular formula is C15H16N2O3S. The van der Waals surface area contributed by atoms with E-state index in [9.17, 15) is 15.0 Å². The molecular weight excluding hydrogens is 288 g/mol. The zero-order valence-corrected chi connectivity index (χ0v) is 12.2. The predicted molar refractivity (Wildman–Crippen MR) is 80.0 cm³/mol. The number of carboxylic acid groups (broad SMARTS) is 1. The number of hydrogen-bond donors (Lipinski definition) is 2. The quantitative estimate of drug-likeness (QED) is 0.901. The molecule has 2 atom stereocenters. The maximum absolute atomic E-state index is 11.2. The van der Waals surface area contributed by atoms with Crippen LogP contribution in [0, 0.1) is 0 Å². The van der Waals surface area contributed by atoms with Crippen molar-refractivity contribution in [3.63, 3.8) is 0 Å². The van der Waals surface area contributed by atoms with E-state index in [0.717, 1.165) is 16.3 Å². The van der Waals surface area contributed by atoms with Crippen LogP contribution in [0.3, 0.4) is 0 Å². The van der Waals surface area contributed by atoms with Gasteiger partial charge in [-0.15, -0.1) is 11.3 Å². The third kappa shape index (κ3) is 3.12. The fourth-order valence-corrected chi connectivity index (χ4v) is 3.43. The highest BCUT2D eigenvalue weighted by atomic mass is 32.1. The molecule has 0 radical (unpaired) electrons. The largest absolute Gasteiger partial charge is 0.480 e. The van der Waals surface area contributed by atoms with Gasteiger partial charge in [0.05, 0.1) is 11.8 Å². The molecule has 0 saturated carbocycles. The molecule has 3 rings (SSSR count). The monoisotopic (exact) mass is 304 g/mol. The normalized spacial score (nSPS) is 22.5. The van der Waals surface area contributed by atoms with Crippen molar-refractivity contribution < 1.29 is 15.0 Å². The first-order valence-corrected chi connectivity index (χ1v) is 7.66. The number of aliphatic hydroxyl groups excluding tert-OH is 1. The Balaban J connectivity index is 1.74. The van der Waals surface area contributed by atoms with Crippen LogP contribution in [-0.4, -0.2) is 44.8 Å². The van der Waals surface area contributed by atoms with E-state index in [1.807, 2.05) is 35.7 Å². The third-order valence-electron chi connectivity index (χ3n) is 3.60. The third-order valence-corrected chi connectivity index (χ3v) is 4.54. The Kier molecular flexibility index (Phi) is 4.01. The SMILES string of the molecule is O=C(O)C1CC(O)CN1Cc1csc(-c2ccccc2)n1. The van der Waals surface area contributed by atoms with E-state index < -0.39 is 18.1 Å². The second-order valence-electron chi connectivity index (χ2n) is 5.18. The van der Waals surface area contributed by atoms with Gasteiger partial charge in [0.1, 0.15) is 11.0 Å². The molecule has 1 aromatic heterocycles. The summed E-state index contributed by atoms with van der Waals surface area (Å²) in [6.45, 7) is 0.840. The van der Waals surface area contributed by atoms with E-state index in [-0.39, 0.29) is 6.42 Å². The minimum absolute atomic E-state index is 0.283. The summed E-state index contributed by atoms with van der Waals surface area (Å²) in [6, 6.07) is 9.27. The Bertz CT molecular complexity index is 629. The number of rotatable bonds is 4. The summed E-state index contributed by atoms with van der Waals surface area (Å²) in [7, 11) is 0. The minimum Gasteiger partial charge on any atom is -0.480 e. The molecule has 0 spiro atoms. The average Bonchev–Trinajstić information content (AvgIpc) is 3.07. The van der Waals surface area contributed by atoms with E-state index in [0.29, 0.717) is 13.1 Å². The minimum atomic E-state index is -0.884. The van der Waals surface area contributed by atoms with Gasteiger partial charge in [-0.1, -0.05) is 30.3 Å². The Morgan fingerprint density at radius 3 is 2.86 bits per heavy atom. The van der Waals surface area contributed by atoms with Crippen molar-refractivity contribution in [2.24, 2.45) is 0 Å². The maximum Gasteiger partial charge on any atom is 0.321 e. The number of carbonyl (C=O) groups is 1. The summed E-state index contributed by atoms with van der Waals surface area (Å²) in [6.07, 6.45) is -0.288. The van der Waals surface area contributed by atoms with Crippen molar-refractivity contribution in [2.75, 3.05) is 6.54 Å². The highest BCUT2D eigenvalue weighted by Gasteiger charge is 2.36. The van der Waals surface area contributed by atoms with Crippen LogP contribution in [-0.2, 0) is 11.3 Å². The van der Waals surface area contributed by atoms with Crippen molar-refractivity contribution in [3.05, 3.63) is 41.4 Å². The van der Waals surface area contributed by atoms with Crippen molar-refractivity contribution in [1.82, 2.24) is 9.88 Å². The molecule has 1 aliphatic heterocycles. The van der Waals surface area contributed by atoms with Gasteiger partial charge in [-0.25, -0.2) is 4.98 Å². The van der Waals surface area contributed by atoms with Gasteiger partial charge in [0.2, 0.25) is 0 Å². The molecule has 2 heterocycles. The number of thiazole rings is 1. The highest BCUT2D eigenvalue weighted by molar-refractivity contribution is 7.13. The van der Waals surface area contributed by atoms with Crippen LogP contribution in [0.25, 0.3) is 10.6 Å². The number of aromatic nitrogens is 1. The second kappa shape index (κ2) is 5.93. The van der Waals surface area contributed by atoms with E-state index in [4.69, 9.17) is 0 Å². The summed E-state index contributed by atoms with van der Waals surface area (Å²) >= 11 is 1.55. The van der Waals surface area contributed by atoms with Crippen LogP contribution < -0.4 is 0 Å². The standard InChI is InChI=1S/C15H16N2O3S/c18-12-6-13(15(19)20)17(8-12)7-11-9-21-14(16-11)10-4-2-1-3-5-10/h1-5,9,12-13,18H,6-8H2,(H,19,20). The summed E-state index contributed by atoms with van der Waals surface area (Å²) in [4.78, 5) is 17.5. The molecule has 0 aliphatic carbocycles. The summed E-state index contributed by atoms with van der Waals surface area (Å²) < 4.78 is 0. The van der Waals surface area contributed by atoms with Gasteiger partial charge in [-0.2, -0.15) is 0 Å². The van der Waals surface area contributed by atoms with Crippen molar-refractivity contribution in [1.29, 1.82) is 0 Å². The Morgan fingerprint density at radius 1 is 1.38 bits per heavy atom. The number of carboxylic acids is 1. The van der Waals surface area contributed by atoms with Gasteiger partial charge in [-0.05, 0) is 0 Å². The topological polar surface area (TPSA) is 73.7 Å². The molecule has 1 aromatic carbocycles. The number of benzene rings is 1. The van der Waals surface area contributed by atoms with E-state index >= 15 is 0 Å². The van der Waals surface area contributed by atoms with Gasteiger partial charge in [0.15, 0.2) is 0 Å². The first-order valence-electron chi connectivity index (χ1n) is 6.78. The van der Waals surface area contributed by atoms with E-state index in [1.54, 1.807) is 16.2 Å². The van der Waals surface area contributed by atoms with Gasteiger partial charge in [-0.3, -0.25) is 9.69 Å². The Hall–Kier alpha value is -1.76.